The molecular weight excluding hydrogens is 208 g/mol. The molecule has 1 N–H and O–H groups in total. The van der Waals surface area contributed by atoms with Crippen molar-refractivity contribution in [2.24, 2.45) is 0 Å². The van der Waals surface area contributed by atoms with Gasteiger partial charge in [0, 0.05) is 32.1 Å². The van der Waals surface area contributed by atoms with E-state index in [0.29, 0.717) is 19.0 Å². The summed E-state index contributed by atoms with van der Waals surface area (Å²) < 4.78 is 5.33. The number of hydrogen-bond donors (Lipinski definition) is 1. The van der Waals surface area contributed by atoms with E-state index < -0.39 is 0 Å². The highest BCUT2D eigenvalue weighted by atomic mass is 16.4. The van der Waals surface area contributed by atoms with Gasteiger partial charge in [-0.1, -0.05) is 13.8 Å². The Kier molecular flexibility index (Phi) is 3.19. The van der Waals surface area contributed by atoms with Crippen molar-refractivity contribution in [3.8, 4) is 0 Å². The molecule has 2 rings (SSSR count). The summed E-state index contributed by atoms with van der Waals surface area (Å²) in [5, 5.41) is 10.8. The molecule has 1 aromatic rings. The van der Waals surface area contributed by atoms with Crippen LogP contribution in [0.25, 0.3) is 0 Å². The minimum absolute atomic E-state index is 0.102. The number of piperazine rings is 1. The first kappa shape index (κ1) is 11.1. The molecule has 88 valence electrons. The van der Waals surface area contributed by atoms with Crippen LogP contribution in [0.2, 0.25) is 0 Å². The van der Waals surface area contributed by atoms with Gasteiger partial charge >= 0.3 is 11.8 Å². The molecule has 0 spiro atoms. The van der Waals surface area contributed by atoms with Crippen LogP contribution in [-0.4, -0.2) is 47.2 Å². The molecule has 0 aromatic carbocycles. The fourth-order valence-corrected chi connectivity index (χ4v) is 1.56. The predicted octanol–water partition coefficient (Wildman–Crippen LogP) is 0.238. The Morgan fingerprint density at radius 1 is 1.38 bits per heavy atom. The van der Waals surface area contributed by atoms with Gasteiger partial charge in [-0.05, 0) is 0 Å². The minimum atomic E-state index is -0.166. The summed E-state index contributed by atoms with van der Waals surface area (Å²) in [6.45, 7) is 6.92. The maximum Gasteiger partial charge on any atom is 0.311 e. The topological polar surface area (TPSA) is 71.3 Å². The lowest BCUT2D eigenvalue weighted by molar-refractivity contribution is 0.0693. The van der Waals surface area contributed by atoms with E-state index in [0.717, 1.165) is 13.1 Å². The van der Waals surface area contributed by atoms with Crippen molar-refractivity contribution in [2.45, 2.75) is 19.8 Å². The number of amides is 1. The molecule has 1 saturated heterocycles. The summed E-state index contributed by atoms with van der Waals surface area (Å²) in [4.78, 5) is 13.7. The van der Waals surface area contributed by atoms with Gasteiger partial charge in [-0.25, -0.2) is 0 Å². The van der Waals surface area contributed by atoms with Crippen LogP contribution in [0.1, 0.15) is 36.3 Å². The highest BCUT2D eigenvalue weighted by Crippen LogP contribution is 2.13. The molecular formula is C10H16N4O2. The van der Waals surface area contributed by atoms with Crippen molar-refractivity contribution < 1.29 is 9.21 Å². The maximum absolute atomic E-state index is 11.9. The second kappa shape index (κ2) is 4.61. The third-order valence-corrected chi connectivity index (χ3v) is 2.52. The summed E-state index contributed by atoms with van der Waals surface area (Å²) in [6.07, 6.45) is 0. The van der Waals surface area contributed by atoms with Crippen molar-refractivity contribution in [3.05, 3.63) is 11.8 Å². The van der Waals surface area contributed by atoms with Gasteiger partial charge in [0.2, 0.25) is 5.89 Å². The van der Waals surface area contributed by atoms with Crippen LogP contribution < -0.4 is 5.32 Å². The number of hydrogen-bond acceptors (Lipinski definition) is 5. The van der Waals surface area contributed by atoms with E-state index in [2.05, 4.69) is 15.5 Å². The number of rotatable bonds is 2. The zero-order valence-corrected chi connectivity index (χ0v) is 9.56. The summed E-state index contributed by atoms with van der Waals surface area (Å²) in [5.41, 5.74) is 0. The van der Waals surface area contributed by atoms with E-state index in [1.54, 1.807) is 4.90 Å². The Hall–Kier alpha value is -1.43. The molecule has 6 nitrogen and oxygen atoms in total. The lowest BCUT2D eigenvalue weighted by atomic mass is 10.2. The Morgan fingerprint density at radius 3 is 2.62 bits per heavy atom. The van der Waals surface area contributed by atoms with Gasteiger partial charge in [-0.3, -0.25) is 4.79 Å². The standard InChI is InChI=1S/C10H16N4O2/c1-7(2)8-12-13-9(16-8)10(15)14-5-3-11-4-6-14/h7,11H,3-6H2,1-2H3. The predicted molar refractivity (Wildman–Crippen MR) is 57.2 cm³/mol. The van der Waals surface area contributed by atoms with Crippen molar-refractivity contribution in [1.82, 2.24) is 20.4 Å². The Labute approximate surface area is 94.0 Å². The molecule has 1 aliphatic heterocycles. The number of nitrogens with one attached hydrogen (secondary N) is 1. The first-order valence-electron chi connectivity index (χ1n) is 5.52. The van der Waals surface area contributed by atoms with E-state index in [1.807, 2.05) is 13.8 Å². The molecule has 0 saturated carbocycles. The van der Waals surface area contributed by atoms with Crippen LogP contribution in [0.5, 0.6) is 0 Å². The molecule has 1 aromatic heterocycles. The molecule has 0 atom stereocenters. The summed E-state index contributed by atoms with van der Waals surface area (Å²) >= 11 is 0. The molecule has 1 aliphatic rings. The molecule has 0 bridgehead atoms. The van der Waals surface area contributed by atoms with E-state index in [-0.39, 0.29) is 17.7 Å². The fourth-order valence-electron chi connectivity index (χ4n) is 1.56. The van der Waals surface area contributed by atoms with Crippen molar-refractivity contribution in [3.63, 3.8) is 0 Å². The smallest absolute Gasteiger partial charge is 0.311 e. The molecule has 0 radical (unpaired) electrons. The quantitative estimate of drug-likeness (QED) is 0.779. The summed E-state index contributed by atoms with van der Waals surface area (Å²) in [5.74, 6) is 0.599. The average molecular weight is 224 g/mol. The van der Waals surface area contributed by atoms with E-state index in [4.69, 9.17) is 4.42 Å². The normalized spacial score (nSPS) is 16.8. The highest BCUT2D eigenvalue weighted by molar-refractivity contribution is 5.89. The van der Waals surface area contributed by atoms with Gasteiger partial charge in [0.15, 0.2) is 0 Å². The van der Waals surface area contributed by atoms with Crippen LogP contribution >= 0.6 is 0 Å². The van der Waals surface area contributed by atoms with Crippen LogP contribution in [0.15, 0.2) is 4.42 Å². The molecule has 16 heavy (non-hydrogen) atoms. The number of carbonyl (C=O) groups is 1. The molecule has 6 heteroatoms. The zero-order chi connectivity index (χ0) is 11.5. The molecule has 1 fully saturated rings. The highest BCUT2D eigenvalue weighted by Gasteiger charge is 2.23. The third-order valence-electron chi connectivity index (χ3n) is 2.52. The van der Waals surface area contributed by atoms with Gasteiger partial charge in [0.05, 0.1) is 0 Å². The Morgan fingerprint density at radius 2 is 2.06 bits per heavy atom. The van der Waals surface area contributed by atoms with E-state index in [9.17, 15) is 4.79 Å². The lowest BCUT2D eigenvalue weighted by Gasteiger charge is -2.25. The first-order chi connectivity index (χ1) is 7.68. The van der Waals surface area contributed by atoms with Gasteiger partial charge in [-0.15, -0.1) is 10.2 Å². The van der Waals surface area contributed by atoms with Crippen LogP contribution in [0, 0.1) is 0 Å². The van der Waals surface area contributed by atoms with Gasteiger partial charge in [0.1, 0.15) is 0 Å². The van der Waals surface area contributed by atoms with Crippen molar-refractivity contribution in [1.29, 1.82) is 0 Å². The summed E-state index contributed by atoms with van der Waals surface area (Å²) in [7, 11) is 0. The average Bonchev–Trinajstić information content (AvgIpc) is 2.78. The lowest BCUT2D eigenvalue weighted by Crippen LogP contribution is -2.46. The second-order valence-corrected chi connectivity index (χ2v) is 4.14. The number of nitrogens with zero attached hydrogens (tertiary/aromatic N) is 3. The Bertz CT molecular complexity index is 369. The van der Waals surface area contributed by atoms with Crippen LogP contribution in [0.3, 0.4) is 0 Å². The summed E-state index contributed by atoms with van der Waals surface area (Å²) in [6, 6.07) is 0. The van der Waals surface area contributed by atoms with Crippen LogP contribution in [-0.2, 0) is 0 Å². The number of carbonyl (C=O) groups excluding carboxylic acids is 1. The molecule has 0 unspecified atom stereocenters. The van der Waals surface area contributed by atoms with Gasteiger partial charge in [0.25, 0.3) is 0 Å². The minimum Gasteiger partial charge on any atom is -0.417 e. The molecule has 0 aliphatic carbocycles. The first-order valence-corrected chi connectivity index (χ1v) is 5.52. The Balaban J connectivity index is 2.07. The van der Waals surface area contributed by atoms with E-state index >= 15 is 0 Å². The zero-order valence-electron chi connectivity index (χ0n) is 9.56. The largest absolute Gasteiger partial charge is 0.417 e. The number of aromatic nitrogens is 2. The monoisotopic (exact) mass is 224 g/mol. The van der Waals surface area contributed by atoms with Gasteiger partial charge < -0.3 is 14.6 Å². The maximum atomic E-state index is 11.9. The van der Waals surface area contributed by atoms with Crippen molar-refractivity contribution >= 4 is 5.91 Å². The molecule has 2 heterocycles. The van der Waals surface area contributed by atoms with Crippen LogP contribution in [0.4, 0.5) is 0 Å². The SMILES string of the molecule is CC(C)c1nnc(C(=O)N2CCNCC2)o1. The second-order valence-electron chi connectivity index (χ2n) is 4.14. The third kappa shape index (κ3) is 2.21. The van der Waals surface area contributed by atoms with Crippen molar-refractivity contribution in [2.75, 3.05) is 26.2 Å². The van der Waals surface area contributed by atoms with Gasteiger partial charge in [-0.2, -0.15) is 0 Å². The molecule has 1 amide bonds. The fraction of sp³-hybridized carbons (Fsp3) is 0.700. The van der Waals surface area contributed by atoms with E-state index in [1.165, 1.54) is 0 Å².